The highest BCUT2D eigenvalue weighted by Gasteiger charge is 2.37. The van der Waals surface area contributed by atoms with Crippen molar-refractivity contribution in [1.29, 1.82) is 0 Å². The Hall–Kier alpha value is -1.12. The molecule has 1 aliphatic carbocycles. The molecule has 14 heavy (non-hydrogen) atoms. The molecule has 2 nitrogen and oxygen atoms in total. The van der Waals surface area contributed by atoms with Gasteiger partial charge in [0, 0.05) is 6.42 Å². The maximum atomic E-state index is 10.3. The Morgan fingerprint density at radius 2 is 1.86 bits per heavy atom. The molecule has 2 atom stereocenters. The summed E-state index contributed by atoms with van der Waals surface area (Å²) in [7, 11) is 0. The zero-order valence-electron chi connectivity index (χ0n) is 7.93. The summed E-state index contributed by atoms with van der Waals surface area (Å²) >= 11 is 0. The fourth-order valence-corrected chi connectivity index (χ4v) is 1.86. The minimum atomic E-state index is -1.10. The second-order valence-corrected chi connectivity index (χ2v) is 3.72. The van der Waals surface area contributed by atoms with Crippen molar-refractivity contribution in [3.63, 3.8) is 0 Å². The summed E-state index contributed by atoms with van der Waals surface area (Å²) in [5.74, 6) is 0. The molecule has 0 fully saturated rings. The Kier molecular flexibility index (Phi) is 2.40. The highest BCUT2D eigenvalue weighted by molar-refractivity contribution is 5.26. The van der Waals surface area contributed by atoms with Crippen LogP contribution in [0.2, 0.25) is 0 Å². The molecule has 2 rings (SSSR count). The van der Waals surface area contributed by atoms with E-state index >= 15 is 0 Å². The van der Waals surface area contributed by atoms with E-state index in [9.17, 15) is 10.2 Å². The van der Waals surface area contributed by atoms with Gasteiger partial charge in [0.25, 0.3) is 0 Å². The number of aliphatic hydroxyl groups excluding tert-OH is 1. The van der Waals surface area contributed by atoms with Crippen LogP contribution < -0.4 is 0 Å². The lowest BCUT2D eigenvalue weighted by Gasteiger charge is -2.34. The van der Waals surface area contributed by atoms with Crippen LogP contribution in [0.1, 0.15) is 18.4 Å². The number of aliphatic hydroxyl groups is 2. The molecule has 0 aliphatic heterocycles. The quantitative estimate of drug-likeness (QED) is 0.660. The smallest absolute Gasteiger partial charge is 0.119 e. The summed E-state index contributed by atoms with van der Waals surface area (Å²) in [6, 6.07) is 9.35. The van der Waals surface area contributed by atoms with Gasteiger partial charge in [-0.25, -0.2) is 0 Å². The van der Waals surface area contributed by atoms with E-state index in [0.29, 0.717) is 12.8 Å². The Morgan fingerprint density at radius 3 is 2.50 bits per heavy atom. The van der Waals surface area contributed by atoms with Crippen LogP contribution in [0.15, 0.2) is 42.5 Å². The molecule has 0 spiro atoms. The summed E-state index contributed by atoms with van der Waals surface area (Å²) in [5, 5.41) is 20.1. The summed E-state index contributed by atoms with van der Waals surface area (Å²) in [6.07, 6.45) is 4.13. The molecule has 0 radical (unpaired) electrons. The summed E-state index contributed by atoms with van der Waals surface area (Å²) in [6.45, 7) is 0. The Morgan fingerprint density at radius 1 is 1.14 bits per heavy atom. The molecule has 0 saturated carbocycles. The van der Waals surface area contributed by atoms with Crippen LogP contribution >= 0.6 is 0 Å². The second-order valence-electron chi connectivity index (χ2n) is 3.72. The third-order valence-corrected chi connectivity index (χ3v) is 2.78. The zero-order chi connectivity index (χ0) is 10.0. The molecular formula is C12H14O2. The van der Waals surface area contributed by atoms with E-state index in [2.05, 4.69) is 0 Å². The van der Waals surface area contributed by atoms with E-state index in [-0.39, 0.29) is 0 Å². The first kappa shape index (κ1) is 9.44. The summed E-state index contributed by atoms with van der Waals surface area (Å²) < 4.78 is 0. The van der Waals surface area contributed by atoms with Gasteiger partial charge >= 0.3 is 0 Å². The lowest BCUT2D eigenvalue weighted by Crippen LogP contribution is -2.40. The van der Waals surface area contributed by atoms with E-state index in [0.717, 1.165) is 5.56 Å². The first-order valence-electron chi connectivity index (χ1n) is 4.84. The van der Waals surface area contributed by atoms with Gasteiger partial charge in [0.05, 0.1) is 6.10 Å². The van der Waals surface area contributed by atoms with Crippen LogP contribution in [0.5, 0.6) is 0 Å². The third-order valence-electron chi connectivity index (χ3n) is 2.78. The van der Waals surface area contributed by atoms with Crippen molar-refractivity contribution in [1.82, 2.24) is 0 Å². The first-order valence-corrected chi connectivity index (χ1v) is 4.84. The lowest BCUT2D eigenvalue weighted by atomic mass is 9.81. The maximum absolute atomic E-state index is 10.3. The van der Waals surface area contributed by atoms with Gasteiger partial charge < -0.3 is 10.2 Å². The van der Waals surface area contributed by atoms with Crippen molar-refractivity contribution < 1.29 is 10.2 Å². The molecule has 0 bridgehead atoms. The Labute approximate surface area is 83.5 Å². The molecular weight excluding hydrogens is 176 g/mol. The second kappa shape index (κ2) is 3.56. The molecule has 1 aromatic carbocycles. The van der Waals surface area contributed by atoms with Gasteiger partial charge in [0.1, 0.15) is 5.60 Å². The lowest BCUT2D eigenvalue weighted by molar-refractivity contribution is -0.0809. The SMILES string of the molecule is OC1CC=CCC1(O)c1ccccc1. The van der Waals surface area contributed by atoms with Crippen LogP contribution in [-0.4, -0.2) is 16.3 Å². The standard InChI is InChI=1S/C12H14O2/c13-11-8-4-5-9-12(11,14)10-6-2-1-3-7-10/h1-7,11,13-14H,8-9H2. The van der Waals surface area contributed by atoms with Crippen LogP contribution in [0.3, 0.4) is 0 Å². The molecule has 2 heteroatoms. The number of benzene rings is 1. The van der Waals surface area contributed by atoms with Crippen molar-refractivity contribution in [2.24, 2.45) is 0 Å². The van der Waals surface area contributed by atoms with Gasteiger partial charge in [-0.15, -0.1) is 0 Å². The summed E-state index contributed by atoms with van der Waals surface area (Å²) in [5.41, 5.74) is -0.312. The molecule has 0 aromatic heterocycles. The highest BCUT2D eigenvalue weighted by atomic mass is 16.3. The molecule has 0 amide bonds. The fourth-order valence-electron chi connectivity index (χ4n) is 1.86. The molecule has 1 aliphatic rings. The molecule has 74 valence electrons. The van der Waals surface area contributed by atoms with Gasteiger partial charge in [-0.05, 0) is 12.0 Å². The number of hydrogen-bond donors (Lipinski definition) is 2. The number of rotatable bonds is 1. The van der Waals surface area contributed by atoms with Crippen molar-refractivity contribution in [2.75, 3.05) is 0 Å². The van der Waals surface area contributed by atoms with Crippen molar-refractivity contribution >= 4 is 0 Å². The zero-order valence-corrected chi connectivity index (χ0v) is 7.93. The molecule has 0 saturated heterocycles. The molecule has 2 unspecified atom stereocenters. The maximum Gasteiger partial charge on any atom is 0.119 e. The van der Waals surface area contributed by atoms with E-state index in [1.54, 1.807) is 0 Å². The van der Waals surface area contributed by atoms with E-state index in [1.165, 1.54) is 0 Å². The van der Waals surface area contributed by atoms with Gasteiger partial charge in [-0.2, -0.15) is 0 Å². The predicted octanol–water partition coefficient (Wildman–Crippen LogP) is 1.59. The van der Waals surface area contributed by atoms with Gasteiger partial charge in [0.2, 0.25) is 0 Å². The van der Waals surface area contributed by atoms with Gasteiger partial charge in [-0.1, -0.05) is 42.5 Å². The fraction of sp³-hybridized carbons (Fsp3) is 0.333. The predicted molar refractivity (Wildman–Crippen MR) is 54.7 cm³/mol. The van der Waals surface area contributed by atoms with Crippen LogP contribution in [0.25, 0.3) is 0 Å². The largest absolute Gasteiger partial charge is 0.389 e. The van der Waals surface area contributed by atoms with Gasteiger partial charge in [0.15, 0.2) is 0 Å². The topological polar surface area (TPSA) is 40.5 Å². The van der Waals surface area contributed by atoms with E-state index in [1.807, 2.05) is 42.5 Å². The highest BCUT2D eigenvalue weighted by Crippen LogP contribution is 2.33. The number of hydrogen-bond acceptors (Lipinski definition) is 2. The van der Waals surface area contributed by atoms with Crippen molar-refractivity contribution in [3.05, 3.63) is 48.0 Å². The van der Waals surface area contributed by atoms with Crippen LogP contribution in [-0.2, 0) is 5.60 Å². The minimum absolute atomic E-state index is 0.484. The normalized spacial score (nSPS) is 31.7. The molecule has 0 heterocycles. The third kappa shape index (κ3) is 1.47. The van der Waals surface area contributed by atoms with E-state index < -0.39 is 11.7 Å². The molecule has 2 N–H and O–H groups in total. The van der Waals surface area contributed by atoms with Crippen LogP contribution in [0.4, 0.5) is 0 Å². The van der Waals surface area contributed by atoms with Crippen molar-refractivity contribution in [2.45, 2.75) is 24.5 Å². The van der Waals surface area contributed by atoms with Crippen LogP contribution in [0, 0.1) is 0 Å². The Balaban J connectivity index is 2.36. The van der Waals surface area contributed by atoms with Crippen molar-refractivity contribution in [3.8, 4) is 0 Å². The Bertz CT molecular complexity index is 331. The first-order chi connectivity index (χ1) is 6.73. The average molecular weight is 190 g/mol. The van der Waals surface area contributed by atoms with Gasteiger partial charge in [-0.3, -0.25) is 0 Å². The monoisotopic (exact) mass is 190 g/mol. The molecule has 1 aromatic rings. The summed E-state index contributed by atoms with van der Waals surface area (Å²) in [4.78, 5) is 0. The minimum Gasteiger partial charge on any atom is -0.389 e. The van der Waals surface area contributed by atoms with E-state index in [4.69, 9.17) is 0 Å². The average Bonchev–Trinajstić information content (AvgIpc) is 2.24.